The van der Waals surface area contributed by atoms with E-state index in [0.717, 1.165) is 18.4 Å². The first-order chi connectivity index (χ1) is 19.8. The maximum atomic E-state index is 14.5. The van der Waals surface area contributed by atoms with Gasteiger partial charge in [0, 0.05) is 19.7 Å². The van der Waals surface area contributed by atoms with Gasteiger partial charge in [0.05, 0.1) is 23.6 Å². The van der Waals surface area contributed by atoms with Crippen molar-refractivity contribution in [2.75, 3.05) is 26.3 Å². The van der Waals surface area contributed by atoms with Crippen molar-refractivity contribution in [2.45, 2.75) is 69.4 Å². The Morgan fingerprint density at radius 1 is 1.22 bits per heavy atom. The van der Waals surface area contributed by atoms with Crippen LogP contribution in [0.1, 0.15) is 45.4 Å². The molecule has 11 nitrogen and oxygen atoms in total. The number of ether oxygens (including phenoxy) is 2. The lowest BCUT2D eigenvalue weighted by atomic mass is 9.66. The SMILES string of the molecule is C=CCCCCOC(=O)[C@H]1[C@H]2C(=O)N(CCCO)C(C(=O)N(CC=C)Cn3nnc4ccccc43)C23CC[C@]1(C)O3. The standard InChI is InChI=1S/C30H39N5O6/c1-4-6-7-10-19-40-28(39)24-23-26(37)34(17-11-18-36)25(30(23)15-14-29(24,3)41-30)27(38)33(16-5-2)20-35-22-13-9-8-12-21(22)31-32-35/h4-5,8-9,12-13,23-25,36H,1-2,6-7,10-11,14-20H2,3H3/t23-,24+,25?,29-,30?/m0/s1. The number of para-hydroxylation sites is 1. The quantitative estimate of drug-likeness (QED) is 0.210. The Hall–Kier alpha value is -3.57. The van der Waals surface area contributed by atoms with Crippen LogP contribution in [0.2, 0.25) is 0 Å². The fourth-order valence-corrected chi connectivity index (χ4v) is 6.93. The Labute approximate surface area is 239 Å². The molecule has 1 aromatic carbocycles. The number of aliphatic hydroxyl groups is 1. The van der Waals surface area contributed by atoms with E-state index in [1.807, 2.05) is 37.3 Å². The summed E-state index contributed by atoms with van der Waals surface area (Å²) in [6.45, 7) is 9.99. The van der Waals surface area contributed by atoms with Gasteiger partial charge < -0.3 is 24.4 Å². The minimum Gasteiger partial charge on any atom is -0.465 e. The zero-order chi connectivity index (χ0) is 29.2. The van der Waals surface area contributed by atoms with E-state index in [1.165, 1.54) is 4.90 Å². The molecule has 1 N–H and O–H groups in total. The third kappa shape index (κ3) is 4.95. The van der Waals surface area contributed by atoms with Crippen molar-refractivity contribution in [2.24, 2.45) is 11.8 Å². The van der Waals surface area contributed by atoms with Crippen LogP contribution in [0.5, 0.6) is 0 Å². The van der Waals surface area contributed by atoms with E-state index in [9.17, 15) is 19.5 Å². The average molecular weight is 566 g/mol. The van der Waals surface area contributed by atoms with Gasteiger partial charge in [-0.25, -0.2) is 4.68 Å². The lowest BCUT2D eigenvalue weighted by molar-refractivity contribution is -0.160. The van der Waals surface area contributed by atoms with Crippen molar-refractivity contribution < 1.29 is 29.0 Å². The van der Waals surface area contributed by atoms with Gasteiger partial charge in [0.15, 0.2) is 0 Å². The number of fused-ring (bicyclic) bond motifs is 2. The molecule has 5 rings (SSSR count). The minimum atomic E-state index is -1.17. The highest BCUT2D eigenvalue weighted by atomic mass is 16.6. The summed E-state index contributed by atoms with van der Waals surface area (Å²) in [5, 5.41) is 18.0. The first kappa shape index (κ1) is 28.9. The van der Waals surface area contributed by atoms with E-state index in [2.05, 4.69) is 23.5 Å². The summed E-state index contributed by atoms with van der Waals surface area (Å²) in [5.74, 6) is -2.74. The molecular formula is C30H39N5O6. The number of benzene rings is 1. The topological polar surface area (TPSA) is 127 Å². The molecule has 11 heteroatoms. The first-order valence-electron chi connectivity index (χ1n) is 14.4. The number of hydrogen-bond acceptors (Lipinski definition) is 8. The zero-order valence-corrected chi connectivity index (χ0v) is 23.6. The number of rotatable bonds is 14. The number of aliphatic hydroxyl groups excluding tert-OH is 1. The van der Waals surface area contributed by atoms with Crippen LogP contribution in [0.3, 0.4) is 0 Å². The van der Waals surface area contributed by atoms with Gasteiger partial charge >= 0.3 is 5.97 Å². The van der Waals surface area contributed by atoms with Gasteiger partial charge in [-0.3, -0.25) is 14.4 Å². The Kier molecular flexibility index (Phi) is 8.28. The van der Waals surface area contributed by atoms with E-state index in [1.54, 1.807) is 15.7 Å². The smallest absolute Gasteiger partial charge is 0.312 e. The molecule has 5 atom stereocenters. The van der Waals surface area contributed by atoms with Gasteiger partial charge in [0.2, 0.25) is 11.8 Å². The number of likely N-dealkylation sites (tertiary alicyclic amines) is 1. The van der Waals surface area contributed by atoms with Gasteiger partial charge in [0.1, 0.15) is 29.7 Å². The molecule has 0 aliphatic carbocycles. The summed E-state index contributed by atoms with van der Waals surface area (Å²) >= 11 is 0. The largest absolute Gasteiger partial charge is 0.465 e. The second kappa shape index (κ2) is 11.7. The maximum Gasteiger partial charge on any atom is 0.312 e. The Balaban J connectivity index is 1.45. The van der Waals surface area contributed by atoms with Gasteiger partial charge in [0.25, 0.3) is 0 Å². The van der Waals surface area contributed by atoms with Crippen LogP contribution >= 0.6 is 0 Å². The number of amides is 2. The summed E-state index contributed by atoms with van der Waals surface area (Å²) in [6.07, 6.45) is 7.12. The summed E-state index contributed by atoms with van der Waals surface area (Å²) in [6, 6.07) is 6.51. The molecule has 3 saturated heterocycles. The van der Waals surface area contributed by atoms with E-state index in [-0.39, 0.29) is 44.8 Å². The molecule has 0 saturated carbocycles. The number of nitrogens with zero attached hydrogens (tertiary/aromatic N) is 5. The summed E-state index contributed by atoms with van der Waals surface area (Å²) < 4.78 is 14.0. The molecule has 2 amide bonds. The molecule has 3 aliphatic heterocycles. The number of carbonyl (C=O) groups excluding carboxylic acids is 3. The minimum absolute atomic E-state index is 0.0953. The summed E-state index contributed by atoms with van der Waals surface area (Å²) in [5.41, 5.74) is -0.610. The molecule has 2 aromatic rings. The molecule has 220 valence electrons. The van der Waals surface area contributed by atoms with Crippen molar-refractivity contribution in [3.63, 3.8) is 0 Å². The fourth-order valence-electron chi connectivity index (χ4n) is 6.93. The molecule has 0 radical (unpaired) electrons. The third-order valence-corrected chi connectivity index (χ3v) is 8.75. The van der Waals surface area contributed by atoms with Crippen LogP contribution < -0.4 is 0 Å². The van der Waals surface area contributed by atoms with Crippen molar-refractivity contribution >= 4 is 28.8 Å². The predicted molar refractivity (Wildman–Crippen MR) is 150 cm³/mol. The van der Waals surface area contributed by atoms with Crippen molar-refractivity contribution in [3.8, 4) is 0 Å². The first-order valence-corrected chi connectivity index (χ1v) is 14.4. The van der Waals surface area contributed by atoms with Gasteiger partial charge in [-0.1, -0.05) is 29.5 Å². The second-order valence-electron chi connectivity index (χ2n) is 11.4. The average Bonchev–Trinajstić information content (AvgIpc) is 3.67. The molecule has 3 fully saturated rings. The predicted octanol–water partition coefficient (Wildman–Crippen LogP) is 2.45. The molecule has 1 aromatic heterocycles. The summed E-state index contributed by atoms with van der Waals surface area (Å²) in [7, 11) is 0. The van der Waals surface area contributed by atoms with Crippen LogP contribution in [0.4, 0.5) is 0 Å². The van der Waals surface area contributed by atoms with Gasteiger partial charge in [-0.2, -0.15) is 0 Å². The van der Waals surface area contributed by atoms with E-state index in [0.29, 0.717) is 31.2 Å². The normalized spacial score (nSPS) is 28.2. The fraction of sp³-hybridized carbons (Fsp3) is 0.567. The highest BCUT2D eigenvalue weighted by Gasteiger charge is 2.78. The number of allylic oxidation sites excluding steroid dienone is 1. The molecule has 2 unspecified atom stereocenters. The van der Waals surface area contributed by atoms with Crippen LogP contribution in [-0.2, 0) is 30.5 Å². The second-order valence-corrected chi connectivity index (χ2v) is 11.4. The number of aromatic nitrogens is 3. The van der Waals surface area contributed by atoms with Crippen molar-refractivity contribution in [1.29, 1.82) is 0 Å². The molecule has 1 spiro atoms. The number of hydrogen-bond donors (Lipinski definition) is 1. The van der Waals surface area contributed by atoms with Crippen LogP contribution in [-0.4, -0.2) is 91.2 Å². The zero-order valence-electron chi connectivity index (χ0n) is 23.6. The molecule has 41 heavy (non-hydrogen) atoms. The van der Waals surface area contributed by atoms with Gasteiger partial charge in [-0.15, -0.1) is 18.3 Å². The Morgan fingerprint density at radius 2 is 2.02 bits per heavy atom. The summed E-state index contributed by atoms with van der Waals surface area (Å²) in [4.78, 5) is 45.1. The van der Waals surface area contributed by atoms with Crippen molar-refractivity contribution in [3.05, 3.63) is 49.6 Å². The Morgan fingerprint density at radius 3 is 2.78 bits per heavy atom. The molecular weight excluding hydrogens is 526 g/mol. The molecule has 2 bridgehead atoms. The lowest BCUT2D eigenvalue weighted by Gasteiger charge is -2.36. The van der Waals surface area contributed by atoms with Crippen molar-refractivity contribution in [1.82, 2.24) is 24.8 Å². The molecule has 3 aliphatic rings. The van der Waals surface area contributed by atoms with Crippen LogP contribution in [0.15, 0.2) is 49.6 Å². The van der Waals surface area contributed by atoms with Crippen LogP contribution in [0.25, 0.3) is 11.0 Å². The lowest BCUT2D eigenvalue weighted by Crippen LogP contribution is -2.56. The number of unbranched alkanes of at least 4 members (excludes halogenated alkanes) is 2. The number of carbonyl (C=O) groups is 3. The Bertz CT molecular complexity index is 1330. The van der Waals surface area contributed by atoms with E-state index >= 15 is 0 Å². The maximum absolute atomic E-state index is 14.5. The monoisotopic (exact) mass is 565 g/mol. The van der Waals surface area contributed by atoms with Gasteiger partial charge in [-0.05, 0) is 57.6 Å². The third-order valence-electron chi connectivity index (χ3n) is 8.75. The number of esters is 1. The van der Waals surface area contributed by atoms with Crippen LogP contribution in [0, 0.1) is 11.8 Å². The van der Waals surface area contributed by atoms with E-state index < -0.39 is 35.0 Å². The molecule has 4 heterocycles. The highest BCUT2D eigenvalue weighted by molar-refractivity contribution is 5.98. The van der Waals surface area contributed by atoms with E-state index in [4.69, 9.17) is 9.47 Å². The highest BCUT2D eigenvalue weighted by Crippen LogP contribution is 2.63.